The summed E-state index contributed by atoms with van der Waals surface area (Å²) in [6.07, 6.45) is 10.8. The topological polar surface area (TPSA) is 43.4 Å². The Morgan fingerprint density at radius 3 is 2.24 bits per heavy atom. The van der Waals surface area contributed by atoms with Crippen molar-refractivity contribution in [3.63, 3.8) is 0 Å². The van der Waals surface area contributed by atoms with Crippen molar-refractivity contribution in [1.82, 2.24) is 0 Å². The predicted molar refractivity (Wildman–Crippen MR) is 136 cm³/mol. The van der Waals surface area contributed by atoms with Crippen molar-refractivity contribution in [2.45, 2.75) is 106 Å². The van der Waals surface area contributed by atoms with E-state index >= 15 is 0 Å². The summed E-state index contributed by atoms with van der Waals surface area (Å²) < 4.78 is 5.49. The van der Waals surface area contributed by atoms with Crippen LogP contribution in [-0.4, -0.2) is 18.9 Å². The van der Waals surface area contributed by atoms with Crippen LogP contribution in [0.25, 0.3) is 0 Å². The van der Waals surface area contributed by atoms with E-state index in [9.17, 15) is 9.59 Å². The molecule has 0 aromatic carbocycles. The van der Waals surface area contributed by atoms with Crippen molar-refractivity contribution in [2.24, 2.45) is 56.7 Å². The number of Topliss-reactive ketones (excluding diaryl/α,β-unsaturated/α-hetero) is 1. The van der Waals surface area contributed by atoms with Gasteiger partial charge in [0.15, 0.2) is 0 Å². The maximum atomic E-state index is 13.3. The number of hydrogen-bond donors (Lipinski definition) is 0. The van der Waals surface area contributed by atoms with Crippen molar-refractivity contribution in [3.8, 4) is 0 Å². The lowest BCUT2D eigenvalue weighted by Crippen LogP contribution is -2.66. The molecule has 0 saturated heterocycles. The first-order valence-electron chi connectivity index (χ1n) is 14.1. The van der Waals surface area contributed by atoms with Gasteiger partial charge in [0.2, 0.25) is 0 Å². The van der Waals surface area contributed by atoms with Crippen molar-refractivity contribution in [2.75, 3.05) is 7.11 Å². The molecule has 5 aliphatic rings. The van der Waals surface area contributed by atoms with Gasteiger partial charge in [-0.15, -0.1) is 0 Å². The van der Waals surface area contributed by atoms with Gasteiger partial charge in [-0.3, -0.25) is 9.59 Å². The lowest BCUT2D eigenvalue weighted by Gasteiger charge is -2.72. The van der Waals surface area contributed by atoms with Gasteiger partial charge >= 0.3 is 5.97 Å². The maximum absolute atomic E-state index is 13.3. The molecule has 5 aliphatic carbocycles. The van der Waals surface area contributed by atoms with Crippen LogP contribution >= 0.6 is 0 Å². The van der Waals surface area contributed by atoms with Crippen LogP contribution in [0, 0.1) is 56.7 Å². The third-order valence-electron chi connectivity index (χ3n) is 13.4. The van der Waals surface area contributed by atoms with E-state index in [1.807, 2.05) is 0 Å². The number of allylic oxidation sites excluding steroid dienone is 1. The van der Waals surface area contributed by atoms with Gasteiger partial charge in [-0.2, -0.15) is 0 Å². The maximum Gasteiger partial charge on any atom is 0.312 e. The highest BCUT2D eigenvalue weighted by molar-refractivity contribution is 5.85. The Morgan fingerprint density at radius 1 is 0.882 bits per heavy atom. The van der Waals surface area contributed by atoms with Crippen LogP contribution in [0.1, 0.15) is 106 Å². The van der Waals surface area contributed by atoms with E-state index in [1.54, 1.807) is 7.11 Å². The highest BCUT2D eigenvalue weighted by Gasteiger charge is 2.72. The first kappa shape index (κ1) is 24.6. The van der Waals surface area contributed by atoms with Crippen LogP contribution in [0.15, 0.2) is 12.2 Å². The summed E-state index contributed by atoms with van der Waals surface area (Å²) >= 11 is 0. The summed E-state index contributed by atoms with van der Waals surface area (Å²) in [5, 5.41) is 0. The minimum atomic E-state index is -0.313. The average molecular weight is 469 g/mol. The second kappa shape index (κ2) is 7.45. The van der Waals surface area contributed by atoms with E-state index in [4.69, 9.17) is 4.74 Å². The van der Waals surface area contributed by atoms with Crippen LogP contribution in [-0.2, 0) is 14.3 Å². The van der Waals surface area contributed by atoms with E-state index in [1.165, 1.54) is 31.3 Å². The number of fused-ring (bicyclic) bond motifs is 7. The molecule has 0 spiro atoms. The van der Waals surface area contributed by atoms with Crippen LogP contribution in [0.2, 0.25) is 0 Å². The van der Waals surface area contributed by atoms with Crippen molar-refractivity contribution in [1.29, 1.82) is 0 Å². The van der Waals surface area contributed by atoms with Crippen LogP contribution in [0.4, 0.5) is 0 Å². The second-order valence-electron chi connectivity index (χ2n) is 14.5. The summed E-state index contributed by atoms with van der Waals surface area (Å²) in [4.78, 5) is 26.3. The Bertz CT molecular complexity index is 918. The second-order valence-corrected chi connectivity index (χ2v) is 14.5. The molecule has 0 radical (unpaired) electrons. The van der Waals surface area contributed by atoms with Crippen molar-refractivity contribution in [3.05, 3.63) is 12.2 Å². The molecule has 0 aliphatic heterocycles. The predicted octanol–water partition coefficient (Wildman–Crippen LogP) is 7.39. The van der Waals surface area contributed by atoms with Gasteiger partial charge in [-0.05, 0) is 111 Å². The van der Waals surface area contributed by atoms with E-state index < -0.39 is 0 Å². The number of ether oxygens (including phenoxy) is 1. The largest absolute Gasteiger partial charge is 0.469 e. The minimum absolute atomic E-state index is 0.0405. The van der Waals surface area contributed by atoms with Gasteiger partial charge in [0.05, 0.1) is 12.5 Å². The minimum Gasteiger partial charge on any atom is -0.469 e. The zero-order valence-corrected chi connectivity index (χ0v) is 22.9. The molecule has 0 heterocycles. The van der Waals surface area contributed by atoms with Gasteiger partial charge < -0.3 is 4.74 Å². The Kier molecular flexibility index (Phi) is 5.38. The Balaban J connectivity index is 1.57. The molecule has 0 N–H and O–H groups in total. The molecule has 5 saturated carbocycles. The monoisotopic (exact) mass is 468 g/mol. The van der Waals surface area contributed by atoms with Crippen LogP contribution in [0.5, 0.6) is 0 Å². The summed E-state index contributed by atoms with van der Waals surface area (Å²) in [5.74, 6) is 3.01. The normalized spacial score (nSPS) is 51.5. The fraction of sp³-hybridized carbons (Fsp3) is 0.871. The molecule has 3 heteroatoms. The number of rotatable bonds is 2. The van der Waals surface area contributed by atoms with E-state index in [0.717, 1.165) is 38.5 Å². The van der Waals surface area contributed by atoms with E-state index in [-0.39, 0.29) is 33.0 Å². The molecule has 9 atom stereocenters. The molecule has 5 rings (SSSR count). The molecule has 0 aromatic rings. The van der Waals surface area contributed by atoms with Gasteiger partial charge in [0.25, 0.3) is 0 Å². The summed E-state index contributed by atoms with van der Waals surface area (Å²) in [6.45, 7) is 18.8. The van der Waals surface area contributed by atoms with E-state index in [2.05, 4.69) is 48.1 Å². The molecule has 0 bridgehead atoms. The smallest absolute Gasteiger partial charge is 0.312 e. The Morgan fingerprint density at radius 2 is 1.59 bits per heavy atom. The third-order valence-corrected chi connectivity index (χ3v) is 13.4. The molecule has 34 heavy (non-hydrogen) atoms. The number of methoxy groups -OCH3 is 1. The average Bonchev–Trinajstić information content (AvgIpc) is 3.18. The van der Waals surface area contributed by atoms with Crippen LogP contribution < -0.4 is 0 Å². The standard InChI is InChI=1S/C31H48O3/c1-19(2)20-11-16-31(26(33)34-8)18-17-29(6)21(25(20)31)9-10-23-28(5)14-13-24(32)27(3,4)22(28)12-15-30(23,29)7/h20-23,25H,1,9-18H2,2-8H3/t20-,21-,22-,23+,25-,28+,29+,30-,31+/m0/s1. The van der Waals surface area contributed by atoms with Crippen molar-refractivity contribution >= 4 is 11.8 Å². The molecular weight excluding hydrogens is 420 g/mol. The highest BCUT2D eigenvalue weighted by Crippen LogP contribution is 2.77. The number of carbonyl (C=O) groups excluding carboxylic acids is 2. The molecule has 5 fully saturated rings. The molecular formula is C31H48O3. The number of hydrogen-bond acceptors (Lipinski definition) is 3. The molecule has 3 nitrogen and oxygen atoms in total. The van der Waals surface area contributed by atoms with Crippen LogP contribution in [0.3, 0.4) is 0 Å². The lowest BCUT2D eigenvalue weighted by molar-refractivity contribution is -0.235. The number of esters is 1. The fourth-order valence-electron chi connectivity index (χ4n) is 11.5. The zero-order chi connectivity index (χ0) is 24.9. The van der Waals surface area contributed by atoms with Crippen molar-refractivity contribution < 1.29 is 14.3 Å². The zero-order valence-electron chi connectivity index (χ0n) is 22.9. The van der Waals surface area contributed by atoms with Gasteiger partial charge in [-0.25, -0.2) is 0 Å². The lowest BCUT2D eigenvalue weighted by atomic mass is 9.32. The Hall–Kier alpha value is -1.12. The highest BCUT2D eigenvalue weighted by atomic mass is 16.5. The number of ketones is 1. The fourth-order valence-corrected chi connectivity index (χ4v) is 11.5. The summed E-state index contributed by atoms with van der Waals surface area (Å²) in [5.41, 5.74) is 1.45. The molecule has 0 unspecified atom stereocenters. The first-order chi connectivity index (χ1) is 15.8. The van der Waals surface area contributed by atoms with E-state index in [0.29, 0.717) is 35.4 Å². The van der Waals surface area contributed by atoms with Gasteiger partial charge in [-0.1, -0.05) is 46.8 Å². The van der Waals surface area contributed by atoms with Gasteiger partial charge in [0, 0.05) is 11.8 Å². The van der Waals surface area contributed by atoms with Gasteiger partial charge in [0.1, 0.15) is 5.78 Å². The molecule has 190 valence electrons. The molecule has 0 amide bonds. The summed E-state index contributed by atoms with van der Waals surface area (Å²) in [6, 6.07) is 0. The SMILES string of the molecule is C=C(C)[C@@H]1CC[C@@]2(C(=O)OC)CC[C@]3(C)[C@@H](CC[C@@H]4[C@]5(C)CCC(=O)C(C)(C)[C@@H]5CC[C@@]43C)[C@H]12. The number of carbonyl (C=O) groups is 2. The quantitative estimate of drug-likeness (QED) is 0.313. The summed E-state index contributed by atoms with van der Waals surface area (Å²) in [7, 11) is 1.59. The first-order valence-corrected chi connectivity index (χ1v) is 14.1. The third kappa shape index (κ3) is 2.76. The molecule has 0 aromatic heterocycles. The Labute approximate surface area is 207 Å².